The summed E-state index contributed by atoms with van der Waals surface area (Å²) in [6.45, 7) is 8.58. The molecule has 2 aliphatic heterocycles. The number of hydrogen-bond donors (Lipinski definition) is 5. The number of amides is 4. The first kappa shape index (κ1) is 36.9. The van der Waals surface area contributed by atoms with Crippen molar-refractivity contribution in [3.05, 3.63) is 71.7 Å². The van der Waals surface area contributed by atoms with E-state index >= 15 is 0 Å². The zero-order valence-corrected chi connectivity index (χ0v) is 29.8. The van der Waals surface area contributed by atoms with Crippen molar-refractivity contribution in [3.8, 4) is 11.3 Å². The normalized spacial score (nSPS) is 19.0. The van der Waals surface area contributed by atoms with Crippen LogP contribution >= 0.6 is 0 Å². The Bertz CT molecular complexity index is 1740. The van der Waals surface area contributed by atoms with E-state index in [0.29, 0.717) is 24.7 Å². The lowest BCUT2D eigenvalue weighted by molar-refractivity contribution is -0.136. The van der Waals surface area contributed by atoms with Crippen LogP contribution in [0.2, 0.25) is 0 Å². The average molecular weight is 701 g/mol. The van der Waals surface area contributed by atoms with Crippen LogP contribution in [-0.2, 0) is 14.3 Å². The minimum absolute atomic E-state index is 0.101. The third-order valence-corrected chi connectivity index (χ3v) is 9.41. The quantitative estimate of drug-likeness (QED) is 0.153. The minimum Gasteiger partial charge on any atom is -0.465 e. The van der Waals surface area contributed by atoms with Crippen molar-refractivity contribution in [3.63, 3.8) is 0 Å². The number of methoxy groups -OCH3 is 1. The molecule has 272 valence electrons. The first-order valence-electron chi connectivity index (χ1n) is 17.5. The second kappa shape index (κ2) is 16.5. The highest BCUT2D eigenvalue weighted by atomic mass is 16.5. The molecule has 2 fully saturated rings. The lowest BCUT2D eigenvalue weighted by Crippen LogP contribution is -2.51. The van der Waals surface area contributed by atoms with Crippen LogP contribution in [0.1, 0.15) is 88.4 Å². The summed E-state index contributed by atoms with van der Waals surface area (Å²) in [7, 11) is 1.28. The highest BCUT2D eigenvalue weighted by Gasteiger charge is 2.38. The van der Waals surface area contributed by atoms with E-state index in [1.165, 1.54) is 7.11 Å². The monoisotopic (exact) mass is 700 g/mol. The van der Waals surface area contributed by atoms with E-state index in [1.54, 1.807) is 22.2 Å². The van der Waals surface area contributed by atoms with Gasteiger partial charge in [0.05, 0.1) is 43.0 Å². The Kier molecular flexibility index (Phi) is 12.0. The number of nitrogens with one attached hydrogen (secondary N) is 4. The number of aromatic nitrogens is 4. The summed E-state index contributed by atoms with van der Waals surface area (Å²) in [5, 5.41) is 14.3. The van der Waals surface area contributed by atoms with E-state index in [9.17, 15) is 24.3 Å². The number of benzene rings is 1. The molecule has 0 bridgehead atoms. The van der Waals surface area contributed by atoms with Crippen molar-refractivity contribution < 1.29 is 29.0 Å². The Morgan fingerprint density at radius 1 is 0.824 bits per heavy atom. The maximum atomic E-state index is 13.4. The maximum Gasteiger partial charge on any atom is 0.407 e. The molecule has 4 amide bonds. The molecule has 0 unspecified atom stereocenters. The van der Waals surface area contributed by atoms with E-state index in [0.717, 1.165) is 48.2 Å². The molecular formula is C37H48N8O6. The third kappa shape index (κ3) is 8.86. The fourth-order valence-corrected chi connectivity index (χ4v) is 6.69. The van der Waals surface area contributed by atoms with Gasteiger partial charge in [0.1, 0.15) is 23.7 Å². The highest BCUT2D eigenvalue weighted by Crippen LogP contribution is 2.33. The Balaban J connectivity index is 1.18. The molecule has 4 atom stereocenters. The van der Waals surface area contributed by atoms with Gasteiger partial charge in [-0.25, -0.2) is 19.6 Å². The zero-order chi connectivity index (χ0) is 36.7. The molecular weight excluding hydrogens is 652 g/mol. The number of alkyl carbamates (subject to hydrolysis) is 1. The molecule has 0 aliphatic carbocycles. The second-order valence-corrected chi connectivity index (χ2v) is 13.7. The number of rotatable bonds is 12. The first-order chi connectivity index (χ1) is 24.5. The molecule has 0 spiro atoms. The first-order valence-corrected chi connectivity index (χ1v) is 17.5. The van der Waals surface area contributed by atoms with Gasteiger partial charge in [-0.05, 0) is 54.7 Å². The van der Waals surface area contributed by atoms with Crippen LogP contribution in [0.5, 0.6) is 0 Å². The topological polar surface area (TPSA) is 186 Å². The lowest BCUT2D eigenvalue weighted by atomic mass is 10.0. The second-order valence-electron chi connectivity index (χ2n) is 13.7. The number of imidazole rings is 2. The molecule has 3 aromatic rings. The molecule has 2 saturated heterocycles. The van der Waals surface area contributed by atoms with E-state index in [1.807, 2.05) is 76.3 Å². The van der Waals surface area contributed by atoms with Gasteiger partial charge in [-0.2, -0.15) is 0 Å². The van der Waals surface area contributed by atoms with E-state index in [4.69, 9.17) is 4.74 Å². The molecule has 4 heterocycles. The van der Waals surface area contributed by atoms with E-state index in [2.05, 4.69) is 30.6 Å². The van der Waals surface area contributed by atoms with Gasteiger partial charge in [0.25, 0.3) is 0 Å². The largest absolute Gasteiger partial charge is 0.465 e. The van der Waals surface area contributed by atoms with Crippen molar-refractivity contribution in [2.75, 3.05) is 20.2 Å². The molecule has 14 heteroatoms. The van der Waals surface area contributed by atoms with Crippen molar-refractivity contribution in [1.82, 2.24) is 40.4 Å². The summed E-state index contributed by atoms with van der Waals surface area (Å²) >= 11 is 0. The standard InChI is InChI=1S/C37H48N8O6/c1-22(2)30(42-36(48)49)34(46)45-19-9-13-29(45)33-39-21-27(41-33)25-16-14-24(15-17-25)10-6-7-11-26-20-38-32(40-26)28-12-8-18-44(28)35(47)31(23(3)4)43-37(50)51-5/h6-7,10-11,14-17,20-23,28-31,42H,8-9,12-13,18-19H2,1-5H3,(H,38,40)(H,39,41)(H,43,50)(H,48,49)/b10-6+,11-7+/t28-,29-,30-,31-/m0/s1. The molecule has 2 aliphatic rings. The van der Waals surface area contributed by atoms with Crippen LogP contribution in [0.25, 0.3) is 23.4 Å². The molecule has 0 saturated carbocycles. The molecule has 1 aromatic carbocycles. The zero-order valence-electron chi connectivity index (χ0n) is 29.8. The van der Waals surface area contributed by atoms with Crippen LogP contribution < -0.4 is 10.6 Å². The molecule has 14 nitrogen and oxygen atoms in total. The summed E-state index contributed by atoms with van der Waals surface area (Å²) < 4.78 is 4.72. The SMILES string of the molecule is COC(=O)N[C@H](C(=O)N1CCC[C@H]1c1ncc(/C=C/C=C/c2ccc(-c3cnc([C@@H]4CCCN4C(=O)[C@@H](NC(=O)O)C(C)C)[nH]3)cc2)[nH]1)C(C)C. The van der Waals surface area contributed by atoms with E-state index < -0.39 is 24.3 Å². The highest BCUT2D eigenvalue weighted by molar-refractivity contribution is 5.87. The number of H-pyrrole nitrogens is 2. The Hall–Kier alpha value is -5.40. The number of carbonyl (C=O) groups is 4. The fourth-order valence-electron chi connectivity index (χ4n) is 6.69. The van der Waals surface area contributed by atoms with Crippen LogP contribution in [0.15, 0.2) is 48.8 Å². The van der Waals surface area contributed by atoms with Gasteiger partial charge < -0.3 is 40.2 Å². The van der Waals surface area contributed by atoms with Gasteiger partial charge in [-0.15, -0.1) is 0 Å². The molecule has 5 rings (SSSR count). The van der Waals surface area contributed by atoms with Gasteiger partial charge in [0.2, 0.25) is 11.8 Å². The predicted octanol–water partition coefficient (Wildman–Crippen LogP) is 5.53. The molecule has 0 radical (unpaired) electrons. The summed E-state index contributed by atoms with van der Waals surface area (Å²) in [6.07, 6.45) is 12.6. The van der Waals surface area contributed by atoms with Crippen LogP contribution in [-0.4, -0.2) is 91.1 Å². The maximum absolute atomic E-state index is 13.4. The molecule has 51 heavy (non-hydrogen) atoms. The molecule has 5 N–H and O–H groups in total. The predicted molar refractivity (Wildman–Crippen MR) is 192 cm³/mol. The summed E-state index contributed by atoms with van der Waals surface area (Å²) in [6, 6.07) is 6.10. The van der Waals surface area contributed by atoms with Crippen LogP contribution in [0.3, 0.4) is 0 Å². The van der Waals surface area contributed by atoms with Crippen molar-refractivity contribution in [1.29, 1.82) is 0 Å². The fraction of sp³-hybridized carbons (Fsp3) is 0.459. The number of nitrogens with zero attached hydrogens (tertiary/aromatic N) is 4. The Morgan fingerprint density at radius 2 is 1.37 bits per heavy atom. The third-order valence-electron chi connectivity index (χ3n) is 9.41. The van der Waals surface area contributed by atoms with Crippen LogP contribution in [0.4, 0.5) is 9.59 Å². The van der Waals surface area contributed by atoms with Crippen molar-refractivity contribution >= 4 is 36.2 Å². The number of aromatic amines is 2. The average Bonchev–Trinajstić information content (AvgIpc) is 3.93. The van der Waals surface area contributed by atoms with Gasteiger partial charge in [-0.1, -0.05) is 70.2 Å². The number of hydrogen-bond acceptors (Lipinski definition) is 7. The number of likely N-dealkylation sites (tertiary alicyclic amines) is 2. The van der Waals surface area contributed by atoms with Crippen molar-refractivity contribution in [2.24, 2.45) is 11.8 Å². The number of ether oxygens (including phenoxy) is 1. The number of allylic oxidation sites excluding steroid dienone is 2. The Morgan fingerprint density at radius 3 is 1.94 bits per heavy atom. The van der Waals surface area contributed by atoms with Crippen molar-refractivity contribution in [2.45, 2.75) is 77.5 Å². The minimum atomic E-state index is -1.21. The number of carbonyl (C=O) groups excluding carboxylic acids is 3. The summed E-state index contributed by atoms with van der Waals surface area (Å²) in [5.41, 5.74) is 3.61. The number of carboxylic acid groups (broad SMARTS) is 1. The van der Waals surface area contributed by atoms with Crippen LogP contribution in [0, 0.1) is 11.8 Å². The summed E-state index contributed by atoms with van der Waals surface area (Å²) in [4.78, 5) is 69.2. The van der Waals surface area contributed by atoms with Gasteiger partial charge in [0, 0.05) is 13.1 Å². The lowest BCUT2D eigenvalue weighted by Gasteiger charge is -2.29. The van der Waals surface area contributed by atoms with E-state index in [-0.39, 0.29) is 35.7 Å². The Labute approximate surface area is 297 Å². The van der Waals surface area contributed by atoms with Gasteiger partial charge in [-0.3, -0.25) is 9.59 Å². The van der Waals surface area contributed by atoms with Gasteiger partial charge >= 0.3 is 12.2 Å². The summed E-state index contributed by atoms with van der Waals surface area (Å²) in [5.74, 6) is 0.739. The van der Waals surface area contributed by atoms with Gasteiger partial charge in [0.15, 0.2) is 0 Å². The molecule has 2 aromatic heterocycles. The smallest absolute Gasteiger partial charge is 0.407 e.